The number of pyridine rings is 1. The molecule has 114 valence electrons. The molecule has 0 radical (unpaired) electrons. The molecule has 1 fully saturated rings. The highest BCUT2D eigenvalue weighted by Gasteiger charge is 2.33. The third kappa shape index (κ3) is 2.23. The van der Waals surface area contributed by atoms with E-state index in [2.05, 4.69) is 20.9 Å². The minimum Gasteiger partial charge on any atom is -0.366 e. The molecule has 5 nitrogen and oxygen atoms in total. The Kier molecular flexibility index (Phi) is 3.23. The van der Waals surface area contributed by atoms with Crippen LogP contribution in [0.15, 0.2) is 42.4 Å². The monoisotopic (exact) mass is 304 g/mol. The van der Waals surface area contributed by atoms with Crippen LogP contribution in [0.2, 0.25) is 0 Å². The van der Waals surface area contributed by atoms with Gasteiger partial charge in [0.15, 0.2) is 5.78 Å². The number of carbonyl (C=O) groups excluding carboxylic acids is 1. The Morgan fingerprint density at radius 1 is 1.30 bits per heavy atom. The largest absolute Gasteiger partial charge is 0.366 e. The molecule has 4 rings (SSSR count). The second-order valence-corrected chi connectivity index (χ2v) is 5.85. The summed E-state index contributed by atoms with van der Waals surface area (Å²) in [5.41, 5.74) is 3.07. The summed E-state index contributed by atoms with van der Waals surface area (Å²) < 4.78 is 1.97. The first-order valence-corrected chi connectivity index (χ1v) is 7.70. The van der Waals surface area contributed by atoms with E-state index in [0.717, 1.165) is 36.5 Å². The number of allylic oxidation sites excluding steroid dienone is 1. The van der Waals surface area contributed by atoms with Crippen LogP contribution in [-0.4, -0.2) is 38.5 Å². The van der Waals surface area contributed by atoms with Crippen molar-refractivity contribution >= 4 is 11.5 Å². The SMILES string of the molecule is C#CC1=C(N2CC[C@@H](n3cccn3)C2)c2ncccc2CC1=O. The summed E-state index contributed by atoms with van der Waals surface area (Å²) in [6, 6.07) is 6.03. The topological polar surface area (TPSA) is 51.0 Å². The van der Waals surface area contributed by atoms with Gasteiger partial charge in [0.05, 0.1) is 23.0 Å². The number of rotatable bonds is 2. The number of aromatic nitrogens is 3. The lowest BCUT2D eigenvalue weighted by molar-refractivity contribution is -0.114. The molecule has 5 heteroatoms. The van der Waals surface area contributed by atoms with Gasteiger partial charge in [0, 0.05) is 38.1 Å². The fourth-order valence-electron chi connectivity index (χ4n) is 3.42. The number of terminal acetylenes is 1. The maximum absolute atomic E-state index is 12.4. The van der Waals surface area contributed by atoms with E-state index < -0.39 is 0 Å². The lowest BCUT2D eigenvalue weighted by Gasteiger charge is -2.27. The Morgan fingerprint density at radius 2 is 2.22 bits per heavy atom. The van der Waals surface area contributed by atoms with Crippen molar-refractivity contribution in [3.05, 3.63) is 53.6 Å². The van der Waals surface area contributed by atoms with E-state index in [0.29, 0.717) is 18.0 Å². The number of ketones is 1. The summed E-state index contributed by atoms with van der Waals surface area (Å²) in [5.74, 6) is 2.60. The van der Waals surface area contributed by atoms with Gasteiger partial charge < -0.3 is 4.90 Å². The minimum atomic E-state index is 0.00513. The van der Waals surface area contributed by atoms with Crippen LogP contribution in [0.3, 0.4) is 0 Å². The van der Waals surface area contributed by atoms with E-state index in [1.165, 1.54) is 0 Å². The molecular formula is C18H16N4O. The number of nitrogens with zero attached hydrogens (tertiary/aromatic N) is 4. The number of hydrogen-bond donors (Lipinski definition) is 0. The molecular weight excluding hydrogens is 288 g/mol. The fraction of sp³-hybridized carbons (Fsp3) is 0.278. The summed E-state index contributed by atoms with van der Waals surface area (Å²) in [7, 11) is 0. The Labute approximate surface area is 134 Å². The Balaban J connectivity index is 1.74. The van der Waals surface area contributed by atoms with Crippen LogP contribution in [0.5, 0.6) is 0 Å². The van der Waals surface area contributed by atoms with Crippen molar-refractivity contribution in [1.29, 1.82) is 0 Å². The van der Waals surface area contributed by atoms with E-state index >= 15 is 0 Å². The number of hydrogen-bond acceptors (Lipinski definition) is 4. The first-order valence-electron chi connectivity index (χ1n) is 7.70. The molecule has 2 aliphatic rings. The molecule has 0 N–H and O–H groups in total. The number of carbonyl (C=O) groups is 1. The third-order valence-electron chi connectivity index (χ3n) is 4.51. The lowest BCUT2D eigenvalue weighted by Crippen LogP contribution is -2.28. The van der Waals surface area contributed by atoms with Crippen LogP contribution in [0, 0.1) is 12.3 Å². The standard InChI is InChI=1S/C18H16N4O/c1-2-15-16(23)11-13-5-3-7-19-17(13)18(15)21-10-6-14(12-21)22-9-4-8-20-22/h1,3-5,7-9,14H,6,10-12H2/t14-/m1/s1. The number of fused-ring (bicyclic) bond motifs is 1. The zero-order chi connectivity index (χ0) is 15.8. The van der Waals surface area contributed by atoms with Crippen LogP contribution < -0.4 is 0 Å². The quantitative estimate of drug-likeness (QED) is 0.792. The number of Topliss-reactive ketones (excluding diaryl/α,β-unsaturated/α-hetero) is 1. The Bertz CT molecular complexity index is 829. The summed E-state index contributed by atoms with van der Waals surface area (Å²) >= 11 is 0. The zero-order valence-electron chi connectivity index (χ0n) is 12.6. The molecule has 0 unspecified atom stereocenters. The average molecular weight is 304 g/mol. The molecule has 0 spiro atoms. The van der Waals surface area contributed by atoms with Crippen LogP contribution in [-0.2, 0) is 11.2 Å². The van der Waals surface area contributed by atoms with Gasteiger partial charge in [0.2, 0.25) is 0 Å². The predicted molar refractivity (Wildman–Crippen MR) is 86.2 cm³/mol. The van der Waals surface area contributed by atoms with Crippen molar-refractivity contribution < 1.29 is 4.79 Å². The van der Waals surface area contributed by atoms with Crippen molar-refractivity contribution in [2.75, 3.05) is 13.1 Å². The van der Waals surface area contributed by atoms with E-state index in [1.54, 1.807) is 12.4 Å². The normalized spacial score (nSPS) is 20.6. The molecule has 0 aromatic carbocycles. The number of likely N-dealkylation sites (tertiary alicyclic amines) is 1. The second-order valence-electron chi connectivity index (χ2n) is 5.85. The van der Waals surface area contributed by atoms with Gasteiger partial charge in [-0.15, -0.1) is 6.42 Å². The van der Waals surface area contributed by atoms with Crippen LogP contribution in [0.25, 0.3) is 5.70 Å². The molecule has 1 atom stereocenters. The molecule has 3 heterocycles. The lowest BCUT2D eigenvalue weighted by atomic mass is 9.91. The van der Waals surface area contributed by atoms with Gasteiger partial charge in [0.25, 0.3) is 0 Å². The smallest absolute Gasteiger partial charge is 0.177 e. The highest BCUT2D eigenvalue weighted by molar-refractivity contribution is 6.09. The Hall–Kier alpha value is -2.87. The van der Waals surface area contributed by atoms with E-state index in [1.807, 2.05) is 29.1 Å². The maximum Gasteiger partial charge on any atom is 0.177 e. The predicted octanol–water partition coefficient (Wildman–Crippen LogP) is 1.69. The Morgan fingerprint density at radius 3 is 3.00 bits per heavy atom. The summed E-state index contributed by atoms with van der Waals surface area (Å²) in [6.45, 7) is 1.62. The summed E-state index contributed by atoms with van der Waals surface area (Å²) in [6.07, 6.45) is 12.5. The first kappa shape index (κ1) is 13.8. The molecule has 1 saturated heterocycles. The van der Waals surface area contributed by atoms with E-state index in [9.17, 15) is 4.79 Å². The van der Waals surface area contributed by atoms with Gasteiger partial charge in [-0.05, 0) is 24.1 Å². The molecule has 2 aromatic rings. The van der Waals surface area contributed by atoms with Gasteiger partial charge >= 0.3 is 0 Å². The van der Waals surface area contributed by atoms with Crippen LogP contribution >= 0.6 is 0 Å². The van der Waals surface area contributed by atoms with Gasteiger partial charge in [-0.25, -0.2) is 0 Å². The molecule has 23 heavy (non-hydrogen) atoms. The van der Waals surface area contributed by atoms with Crippen molar-refractivity contribution in [3.8, 4) is 12.3 Å². The summed E-state index contributed by atoms with van der Waals surface area (Å²) in [4.78, 5) is 19.1. The molecule has 2 aromatic heterocycles. The van der Waals surface area contributed by atoms with Gasteiger partial charge in [-0.3, -0.25) is 14.5 Å². The van der Waals surface area contributed by atoms with Gasteiger partial charge in [0.1, 0.15) is 0 Å². The second kappa shape index (κ2) is 5.40. The van der Waals surface area contributed by atoms with Gasteiger partial charge in [-0.1, -0.05) is 12.0 Å². The van der Waals surface area contributed by atoms with Crippen molar-refractivity contribution in [2.45, 2.75) is 18.9 Å². The van der Waals surface area contributed by atoms with Gasteiger partial charge in [-0.2, -0.15) is 5.10 Å². The maximum atomic E-state index is 12.4. The first-order chi connectivity index (χ1) is 11.3. The third-order valence-corrected chi connectivity index (χ3v) is 4.51. The highest BCUT2D eigenvalue weighted by Crippen LogP contribution is 2.35. The minimum absolute atomic E-state index is 0.00513. The fourth-order valence-corrected chi connectivity index (χ4v) is 3.42. The average Bonchev–Trinajstić information content (AvgIpc) is 3.24. The summed E-state index contributed by atoms with van der Waals surface area (Å²) in [5, 5.41) is 4.33. The molecule has 1 aliphatic carbocycles. The molecule has 1 aliphatic heterocycles. The van der Waals surface area contributed by atoms with E-state index in [-0.39, 0.29) is 5.78 Å². The van der Waals surface area contributed by atoms with Crippen LogP contribution in [0.1, 0.15) is 23.7 Å². The zero-order valence-corrected chi connectivity index (χ0v) is 12.6. The van der Waals surface area contributed by atoms with Crippen LogP contribution in [0.4, 0.5) is 0 Å². The molecule has 0 bridgehead atoms. The molecule has 0 amide bonds. The highest BCUT2D eigenvalue weighted by atomic mass is 16.1. The van der Waals surface area contributed by atoms with E-state index in [4.69, 9.17) is 6.42 Å². The van der Waals surface area contributed by atoms with Crippen molar-refractivity contribution in [2.24, 2.45) is 0 Å². The molecule has 0 saturated carbocycles. The van der Waals surface area contributed by atoms with Crippen molar-refractivity contribution in [1.82, 2.24) is 19.7 Å². The van der Waals surface area contributed by atoms with Crippen molar-refractivity contribution in [3.63, 3.8) is 0 Å².